The number of hydrogen-bond donors (Lipinski definition) is 0. The molecule has 0 unspecified atom stereocenters. The van der Waals surface area contributed by atoms with Crippen molar-refractivity contribution in [1.82, 2.24) is 19.4 Å². The largest absolute Gasteiger partial charge is 0.379 e. The summed E-state index contributed by atoms with van der Waals surface area (Å²) in [5.74, 6) is 0. The minimum atomic E-state index is 0.0339. The van der Waals surface area contributed by atoms with E-state index in [2.05, 4.69) is 20.9 Å². The molecule has 1 fully saturated rings. The molecule has 1 aliphatic rings. The minimum Gasteiger partial charge on any atom is -0.379 e. The van der Waals surface area contributed by atoms with E-state index in [1.807, 2.05) is 13.8 Å². The van der Waals surface area contributed by atoms with E-state index in [0.29, 0.717) is 11.2 Å². The van der Waals surface area contributed by atoms with E-state index in [4.69, 9.17) is 4.74 Å². The molecule has 3 aromatic heterocycles. The lowest BCUT2D eigenvalue weighted by molar-refractivity contribution is 0.0362. The van der Waals surface area contributed by atoms with Crippen LogP contribution in [0.25, 0.3) is 20.4 Å². The first-order valence-corrected chi connectivity index (χ1v) is 9.01. The highest BCUT2D eigenvalue weighted by Gasteiger charge is 2.15. The van der Waals surface area contributed by atoms with Gasteiger partial charge >= 0.3 is 0 Å². The highest BCUT2D eigenvalue weighted by Crippen LogP contribution is 2.30. The zero-order valence-corrected chi connectivity index (χ0v) is 14.7. The molecule has 7 heteroatoms. The van der Waals surface area contributed by atoms with Gasteiger partial charge in [-0.1, -0.05) is 0 Å². The van der Waals surface area contributed by atoms with E-state index in [1.165, 1.54) is 11.3 Å². The maximum absolute atomic E-state index is 12.8. The number of fused-ring (bicyclic) bond motifs is 3. The average molecular weight is 344 g/mol. The third-order valence-electron chi connectivity index (χ3n) is 4.64. The fraction of sp³-hybridized carbons (Fsp3) is 0.471. The molecule has 6 nitrogen and oxygen atoms in total. The number of hydrogen-bond acceptors (Lipinski definition) is 6. The molecule has 1 saturated heterocycles. The second-order valence-electron chi connectivity index (χ2n) is 6.22. The molecule has 126 valence electrons. The van der Waals surface area contributed by atoms with Gasteiger partial charge in [0.2, 0.25) is 0 Å². The van der Waals surface area contributed by atoms with E-state index in [-0.39, 0.29) is 5.56 Å². The number of thiophene rings is 1. The Bertz CT molecular complexity index is 957. The first kappa shape index (κ1) is 15.7. The highest BCUT2D eigenvalue weighted by atomic mass is 32.1. The third-order valence-corrected chi connectivity index (χ3v) is 5.72. The van der Waals surface area contributed by atoms with Crippen LogP contribution in [0, 0.1) is 13.8 Å². The van der Waals surface area contributed by atoms with Crippen molar-refractivity contribution in [2.45, 2.75) is 20.4 Å². The molecule has 0 amide bonds. The quantitative estimate of drug-likeness (QED) is 0.727. The summed E-state index contributed by atoms with van der Waals surface area (Å²) in [6.45, 7) is 8.92. The fourth-order valence-corrected chi connectivity index (χ4v) is 4.12. The number of aromatic nitrogens is 3. The normalized spacial score (nSPS) is 16.2. The van der Waals surface area contributed by atoms with Crippen molar-refractivity contribution in [3.63, 3.8) is 0 Å². The van der Waals surface area contributed by atoms with Crippen LogP contribution in [0.1, 0.15) is 11.3 Å². The number of aryl methyl sites for hydroxylation is 2. The molecule has 0 bridgehead atoms. The molecule has 0 aliphatic carbocycles. The standard InChI is InChI=1S/C17H20N4O2S/c1-11-9-13-14-15(24-16(13)19-12(11)2)17(22)21(10-18-14)4-3-20-5-7-23-8-6-20/h9-10H,3-8H2,1-2H3. The Morgan fingerprint density at radius 2 is 2.04 bits per heavy atom. The summed E-state index contributed by atoms with van der Waals surface area (Å²) in [5, 5.41) is 0.982. The molecule has 24 heavy (non-hydrogen) atoms. The number of nitrogens with zero attached hydrogens (tertiary/aromatic N) is 4. The Balaban J connectivity index is 1.69. The Hall–Kier alpha value is -1.83. The average Bonchev–Trinajstić information content (AvgIpc) is 2.94. The lowest BCUT2D eigenvalue weighted by Gasteiger charge is -2.26. The molecule has 0 radical (unpaired) electrons. The van der Waals surface area contributed by atoms with Crippen molar-refractivity contribution in [3.8, 4) is 0 Å². The number of morpholine rings is 1. The smallest absolute Gasteiger partial charge is 0.271 e. The van der Waals surface area contributed by atoms with Gasteiger partial charge in [-0.2, -0.15) is 0 Å². The zero-order valence-electron chi connectivity index (χ0n) is 13.9. The first-order chi connectivity index (χ1) is 11.6. The van der Waals surface area contributed by atoms with E-state index in [0.717, 1.165) is 59.8 Å². The third kappa shape index (κ3) is 2.72. The first-order valence-electron chi connectivity index (χ1n) is 8.19. The monoisotopic (exact) mass is 344 g/mol. The lowest BCUT2D eigenvalue weighted by Crippen LogP contribution is -2.39. The van der Waals surface area contributed by atoms with Crippen LogP contribution < -0.4 is 5.56 Å². The Morgan fingerprint density at radius 1 is 1.25 bits per heavy atom. The van der Waals surface area contributed by atoms with Crippen molar-refractivity contribution >= 4 is 31.8 Å². The molecule has 0 N–H and O–H groups in total. The van der Waals surface area contributed by atoms with Crippen LogP contribution in [0.2, 0.25) is 0 Å². The highest BCUT2D eigenvalue weighted by molar-refractivity contribution is 7.25. The predicted octanol–water partition coefficient (Wildman–Crippen LogP) is 1.96. The van der Waals surface area contributed by atoms with E-state index >= 15 is 0 Å². The zero-order chi connectivity index (χ0) is 16.7. The summed E-state index contributed by atoms with van der Waals surface area (Å²) < 4.78 is 7.77. The van der Waals surface area contributed by atoms with Gasteiger partial charge in [-0.3, -0.25) is 14.3 Å². The van der Waals surface area contributed by atoms with E-state index in [9.17, 15) is 4.79 Å². The van der Waals surface area contributed by atoms with Crippen LogP contribution in [0.15, 0.2) is 17.2 Å². The summed E-state index contributed by atoms with van der Waals surface area (Å²) in [7, 11) is 0. The van der Waals surface area contributed by atoms with Crippen LogP contribution in [0.3, 0.4) is 0 Å². The van der Waals surface area contributed by atoms with Gasteiger partial charge in [0.25, 0.3) is 5.56 Å². The van der Waals surface area contributed by atoms with Crippen molar-refractivity contribution in [2.75, 3.05) is 32.8 Å². The predicted molar refractivity (Wildman–Crippen MR) is 95.9 cm³/mol. The molecular weight excluding hydrogens is 324 g/mol. The topological polar surface area (TPSA) is 60.2 Å². The maximum Gasteiger partial charge on any atom is 0.271 e. The van der Waals surface area contributed by atoms with Crippen molar-refractivity contribution in [2.24, 2.45) is 0 Å². The molecule has 0 spiro atoms. The van der Waals surface area contributed by atoms with Gasteiger partial charge in [0.1, 0.15) is 9.53 Å². The molecule has 0 aromatic carbocycles. The second kappa shape index (κ2) is 6.23. The van der Waals surface area contributed by atoms with Crippen molar-refractivity contribution < 1.29 is 4.74 Å². The van der Waals surface area contributed by atoms with Gasteiger partial charge in [0.15, 0.2) is 0 Å². The summed E-state index contributed by atoms with van der Waals surface area (Å²) >= 11 is 1.45. The van der Waals surface area contributed by atoms with Crippen LogP contribution in [0.5, 0.6) is 0 Å². The molecule has 0 saturated carbocycles. The number of rotatable bonds is 3. The SMILES string of the molecule is Cc1cc2c(nc1C)sc1c(=O)n(CCN3CCOCC3)cnc12. The van der Waals surface area contributed by atoms with Crippen molar-refractivity contribution in [1.29, 1.82) is 0 Å². The fourth-order valence-electron chi connectivity index (χ4n) is 3.01. The number of pyridine rings is 1. The number of ether oxygens (including phenoxy) is 1. The Labute approximate surface area is 143 Å². The van der Waals surface area contributed by atoms with Gasteiger partial charge in [-0.25, -0.2) is 9.97 Å². The molecule has 4 heterocycles. The molecular formula is C17H20N4O2S. The van der Waals surface area contributed by atoms with Gasteiger partial charge < -0.3 is 4.74 Å². The summed E-state index contributed by atoms with van der Waals surface area (Å²) in [6.07, 6.45) is 1.67. The van der Waals surface area contributed by atoms with Crippen LogP contribution in [-0.4, -0.2) is 52.3 Å². The summed E-state index contributed by atoms with van der Waals surface area (Å²) in [5.41, 5.74) is 2.94. The van der Waals surface area contributed by atoms with Gasteiger partial charge in [0.05, 0.1) is 25.1 Å². The van der Waals surface area contributed by atoms with E-state index < -0.39 is 0 Å². The van der Waals surface area contributed by atoms with Crippen LogP contribution in [-0.2, 0) is 11.3 Å². The van der Waals surface area contributed by atoms with Crippen LogP contribution in [0.4, 0.5) is 0 Å². The maximum atomic E-state index is 12.8. The minimum absolute atomic E-state index is 0.0339. The van der Waals surface area contributed by atoms with E-state index in [1.54, 1.807) is 10.9 Å². The Morgan fingerprint density at radius 3 is 2.83 bits per heavy atom. The second-order valence-corrected chi connectivity index (χ2v) is 7.22. The Kier molecular flexibility index (Phi) is 4.07. The lowest BCUT2D eigenvalue weighted by atomic mass is 10.2. The van der Waals surface area contributed by atoms with Crippen molar-refractivity contribution in [3.05, 3.63) is 34.0 Å². The van der Waals surface area contributed by atoms with Crippen LogP contribution >= 0.6 is 11.3 Å². The molecule has 3 aromatic rings. The van der Waals surface area contributed by atoms with Gasteiger partial charge in [-0.05, 0) is 25.5 Å². The van der Waals surface area contributed by atoms with Gasteiger partial charge in [-0.15, -0.1) is 11.3 Å². The summed E-state index contributed by atoms with van der Waals surface area (Å²) in [4.78, 5) is 25.2. The summed E-state index contributed by atoms with van der Waals surface area (Å²) in [6, 6.07) is 2.08. The van der Waals surface area contributed by atoms with Gasteiger partial charge in [0, 0.05) is 37.3 Å². The molecule has 4 rings (SSSR count). The molecule has 1 aliphatic heterocycles. The molecule has 0 atom stereocenters.